The Labute approximate surface area is 181 Å². The average molecular weight is 418 g/mol. The van der Waals surface area contributed by atoms with E-state index in [2.05, 4.69) is 4.98 Å². The number of β-amino-alcohol motifs (C(OH)–C–C–N with tert-alkyl or cyclic N) is 1. The lowest BCUT2D eigenvalue weighted by molar-refractivity contribution is -0.130. The van der Waals surface area contributed by atoms with Gasteiger partial charge in [0, 0.05) is 30.7 Å². The van der Waals surface area contributed by atoms with Crippen molar-refractivity contribution in [2.24, 2.45) is 11.3 Å². The van der Waals surface area contributed by atoms with Crippen LogP contribution in [0.2, 0.25) is 0 Å². The van der Waals surface area contributed by atoms with E-state index in [0.717, 1.165) is 11.1 Å². The maximum absolute atomic E-state index is 13.1. The Balaban J connectivity index is 1.32. The van der Waals surface area contributed by atoms with Crippen molar-refractivity contribution in [1.29, 1.82) is 0 Å². The first kappa shape index (κ1) is 20.0. The van der Waals surface area contributed by atoms with Crippen molar-refractivity contribution in [2.75, 3.05) is 19.7 Å². The summed E-state index contributed by atoms with van der Waals surface area (Å²) < 4.78 is 5.78. The lowest BCUT2D eigenvalue weighted by atomic mass is 9.95. The molecule has 1 aromatic heterocycles. The van der Waals surface area contributed by atoms with Crippen LogP contribution < -0.4 is 0 Å². The van der Waals surface area contributed by atoms with Gasteiger partial charge in [-0.3, -0.25) is 4.79 Å². The van der Waals surface area contributed by atoms with Crippen LogP contribution in [0.15, 0.2) is 65.1 Å². The third kappa shape index (κ3) is 3.27. The van der Waals surface area contributed by atoms with Crippen LogP contribution in [0.25, 0.3) is 11.5 Å². The van der Waals surface area contributed by atoms with E-state index in [9.17, 15) is 15.0 Å². The van der Waals surface area contributed by atoms with E-state index in [4.69, 9.17) is 4.42 Å². The van der Waals surface area contributed by atoms with E-state index in [1.54, 1.807) is 4.90 Å². The highest BCUT2D eigenvalue weighted by Crippen LogP contribution is 2.68. The van der Waals surface area contributed by atoms with E-state index in [1.165, 1.54) is 0 Å². The van der Waals surface area contributed by atoms with Crippen LogP contribution in [-0.2, 0) is 11.2 Å². The standard InChI is InChI=1S/C25H26N2O4/c1-16-20(26-24(31-16)18-10-6-3-7-11-18)12-22(30)27-13-21(29)25(15-27)19(14-28)23(25)17-8-4-2-5-9-17/h2-11,19,21,23,28-29H,12-15H2,1H3/t19-,21-,23-,25-/m1/s1. The minimum absolute atomic E-state index is 0.00147. The first-order valence-corrected chi connectivity index (χ1v) is 10.7. The molecule has 160 valence electrons. The number of aromatic nitrogens is 1. The average Bonchev–Trinajstić information content (AvgIpc) is 3.11. The van der Waals surface area contributed by atoms with Gasteiger partial charge in [0.1, 0.15) is 5.76 Å². The summed E-state index contributed by atoms with van der Waals surface area (Å²) in [5.74, 6) is 1.07. The van der Waals surface area contributed by atoms with Crippen molar-refractivity contribution < 1.29 is 19.4 Å². The molecule has 0 radical (unpaired) electrons. The minimum Gasteiger partial charge on any atom is -0.441 e. The van der Waals surface area contributed by atoms with Crippen LogP contribution in [0, 0.1) is 18.3 Å². The highest BCUT2D eigenvalue weighted by Gasteiger charge is 2.71. The summed E-state index contributed by atoms with van der Waals surface area (Å²) in [6.45, 7) is 2.54. The van der Waals surface area contributed by atoms with Crippen molar-refractivity contribution >= 4 is 5.91 Å². The van der Waals surface area contributed by atoms with Crippen LogP contribution in [0.4, 0.5) is 0 Å². The quantitative estimate of drug-likeness (QED) is 0.665. The van der Waals surface area contributed by atoms with Gasteiger partial charge in [0.2, 0.25) is 11.8 Å². The van der Waals surface area contributed by atoms with Crippen molar-refractivity contribution in [3.05, 3.63) is 77.7 Å². The number of carbonyl (C=O) groups excluding carboxylic acids is 1. The number of carbonyl (C=O) groups is 1. The molecule has 1 amide bonds. The Morgan fingerprint density at radius 2 is 1.84 bits per heavy atom. The predicted molar refractivity (Wildman–Crippen MR) is 115 cm³/mol. The van der Waals surface area contributed by atoms with Crippen LogP contribution in [0.5, 0.6) is 0 Å². The van der Waals surface area contributed by atoms with Crippen molar-refractivity contribution in [1.82, 2.24) is 9.88 Å². The van der Waals surface area contributed by atoms with Gasteiger partial charge in [0.15, 0.2) is 0 Å². The molecule has 1 aliphatic carbocycles. The largest absolute Gasteiger partial charge is 0.441 e. The lowest BCUT2D eigenvalue weighted by Crippen LogP contribution is -2.31. The molecule has 2 heterocycles. The Bertz CT molecular complexity index is 1080. The van der Waals surface area contributed by atoms with E-state index in [0.29, 0.717) is 23.9 Å². The van der Waals surface area contributed by atoms with E-state index in [-0.39, 0.29) is 37.3 Å². The van der Waals surface area contributed by atoms with E-state index < -0.39 is 11.5 Å². The third-order valence-electron chi connectivity index (χ3n) is 6.98. The van der Waals surface area contributed by atoms with E-state index in [1.807, 2.05) is 67.6 Å². The second-order valence-corrected chi connectivity index (χ2v) is 8.64. The molecule has 4 atom stereocenters. The minimum atomic E-state index is -0.655. The Hall–Kier alpha value is -2.96. The number of rotatable bonds is 5. The number of aliphatic hydroxyl groups excluding tert-OH is 2. The zero-order valence-corrected chi connectivity index (χ0v) is 17.4. The van der Waals surface area contributed by atoms with Gasteiger partial charge >= 0.3 is 0 Å². The normalized spacial score (nSPS) is 27.1. The Morgan fingerprint density at radius 3 is 2.52 bits per heavy atom. The number of hydrogen-bond acceptors (Lipinski definition) is 5. The summed E-state index contributed by atoms with van der Waals surface area (Å²) in [4.78, 5) is 19.3. The molecule has 31 heavy (non-hydrogen) atoms. The number of aryl methyl sites for hydroxylation is 1. The zero-order valence-electron chi connectivity index (χ0n) is 17.4. The molecule has 3 aromatic rings. The highest BCUT2D eigenvalue weighted by molar-refractivity contribution is 5.79. The van der Waals surface area contributed by atoms with Crippen LogP contribution in [-0.4, -0.2) is 51.8 Å². The number of nitrogens with zero attached hydrogens (tertiary/aromatic N) is 2. The van der Waals surface area contributed by atoms with Gasteiger partial charge in [-0.15, -0.1) is 0 Å². The molecule has 1 aliphatic heterocycles. The fraction of sp³-hybridized carbons (Fsp3) is 0.360. The first-order valence-electron chi connectivity index (χ1n) is 10.7. The number of aliphatic hydroxyl groups is 2. The summed E-state index contributed by atoms with van der Waals surface area (Å²) >= 11 is 0. The second-order valence-electron chi connectivity index (χ2n) is 8.64. The molecule has 6 nitrogen and oxygen atoms in total. The Morgan fingerprint density at radius 1 is 1.16 bits per heavy atom. The summed E-state index contributed by atoms with van der Waals surface area (Å²) in [6.07, 6.45) is -0.526. The molecule has 2 fully saturated rings. The molecule has 0 bridgehead atoms. The maximum Gasteiger partial charge on any atom is 0.228 e. The van der Waals surface area contributed by atoms with Gasteiger partial charge in [0.05, 0.1) is 18.2 Å². The van der Waals surface area contributed by atoms with Gasteiger partial charge in [-0.25, -0.2) is 4.98 Å². The molecule has 2 N–H and O–H groups in total. The Kier molecular flexibility index (Phi) is 4.91. The molecule has 1 saturated carbocycles. The van der Waals surface area contributed by atoms with Crippen LogP contribution in [0.1, 0.15) is 22.9 Å². The summed E-state index contributed by atoms with van der Waals surface area (Å²) in [5, 5.41) is 20.9. The van der Waals surface area contributed by atoms with Gasteiger partial charge < -0.3 is 19.5 Å². The van der Waals surface area contributed by atoms with Gasteiger partial charge in [-0.2, -0.15) is 0 Å². The topological polar surface area (TPSA) is 86.8 Å². The molecular formula is C25H26N2O4. The summed E-state index contributed by atoms with van der Waals surface area (Å²) in [5.41, 5.74) is 2.12. The summed E-state index contributed by atoms with van der Waals surface area (Å²) in [6, 6.07) is 19.6. The molecule has 1 spiro atoms. The molecule has 2 aromatic carbocycles. The van der Waals surface area contributed by atoms with Gasteiger partial charge in [0.25, 0.3) is 0 Å². The monoisotopic (exact) mass is 418 g/mol. The smallest absolute Gasteiger partial charge is 0.228 e. The molecule has 5 rings (SSSR count). The SMILES string of the molecule is Cc1oc(-c2ccccc2)nc1CC(=O)N1C[C@@H](O)[C@@]2(C1)[C@H](CO)[C@H]2c1ccccc1. The number of likely N-dealkylation sites (tertiary alicyclic amines) is 1. The second kappa shape index (κ2) is 7.62. The van der Waals surface area contributed by atoms with Gasteiger partial charge in [-0.1, -0.05) is 48.5 Å². The number of amides is 1. The molecule has 0 unspecified atom stereocenters. The molecule has 2 aliphatic rings. The third-order valence-corrected chi connectivity index (χ3v) is 6.98. The molecule has 1 saturated heterocycles. The fourth-order valence-electron chi connectivity index (χ4n) is 5.31. The lowest BCUT2D eigenvalue weighted by Gasteiger charge is -2.16. The van der Waals surface area contributed by atoms with Crippen LogP contribution in [0.3, 0.4) is 0 Å². The fourth-order valence-corrected chi connectivity index (χ4v) is 5.31. The zero-order chi connectivity index (χ0) is 21.6. The first-order chi connectivity index (χ1) is 15.0. The van der Waals surface area contributed by atoms with E-state index >= 15 is 0 Å². The van der Waals surface area contributed by atoms with Crippen LogP contribution >= 0.6 is 0 Å². The number of hydrogen-bond donors (Lipinski definition) is 2. The predicted octanol–water partition coefficient (Wildman–Crippen LogP) is 2.79. The number of benzene rings is 2. The van der Waals surface area contributed by atoms with Crippen molar-refractivity contribution in [2.45, 2.75) is 25.4 Å². The molecular weight excluding hydrogens is 392 g/mol. The van der Waals surface area contributed by atoms with Gasteiger partial charge in [-0.05, 0) is 36.5 Å². The summed E-state index contributed by atoms with van der Waals surface area (Å²) in [7, 11) is 0. The highest BCUT2D eigenvalue weighted by atomic mass is 16.4. The molecule has 6 heteroatoms. The number of oxazole rings is 1. The van der Waals surface area contributed by atoms with Crippen molar-refractivity contribution in [3.8, 4) is 11.5 Å². The van der Waals surface area contributed by atoms with Crippen molar-refractivity contribution in [3.63, 3.8) is 0 Å². The maximum atomic E-state index is 13.1.